The number of aryl methyl sites for hydroxylation is 1. The van der Waals surface area contributed by atoms with Gasteiger partial charge in [-0.25, -0.2) is 4.98 Å². The molecule has 3 rings (SSSR count). The van der Waals surface area contributed by atoms with Crippen LogP contribution in [0.3, 0.4) is 0 Å². The minimum Gasteiger partial charge on any atom is -0.489 e. The summed E-state index contributed by atoms with van der Waals surface area (Å²) >= 11 is 0. The average Bonchev–Trinajstić information content (AvgIpc) is 2.63. The van der Waals surface area contributed by atoms with Gasteiger partial charge in [0.25, 0.3) is 0 Å². The van der Waals surface area contributed by atoms with E-state index in [4.69, 9.17) is 14.6 Å². The maximum atomic E-state index is 10.7. The first-order valence-electron chi connectivity index (χ1n) is 8.22. The summed E-state index contributed by atoms with van der Waals surface area (Å²) in [4.78, 5) is 14.8. The lowest BCUT2D eigenvalue weighted by molar-refractivity contribution is -0.136. The van der Waals surface area contributed by atoms with Gasteiger partial charge in [-0.05, 0) is 41.8 Å². The number of ether oxygens (including phenoxy) is 2. The Morgan fingerprint density at radius 1 is 1.04 bits per heavy atom. The van der Waals surface area contributed by atoms with Crippen molar-refractivity contribution in [3.8, 4) is 17.4 Å². The second-order valence-electron chi connectivity index (χ2n) is 5.88. The minimum absolute atomic E-state index is 0.0557. The predicted molar refractivity (Wildman–Crippen MR) is 97.6 cm³/mol. The van der Waals surface area contributed by atoms with Gasteiger partial charge in [-0.3, -0.25) is 4.79 Å². The van der Waals surface area contributed by atoms with E-state index in [-0.39, 0.29) is 6.42 Å². The quantitative estimate of drug-likeness (QED) is 0.685. The number of carbonyl (C=O) groups is 1. The standard InChI is InChI=1S/C21H19NO4/c1-15-11-18(26-20-10-7-17(13-22-20)12-21(23)24)8-9-19(15)25-14-16-5-3-2-4-6-16/h2-11,13H,12,14H2,1H3,(H,23,24). The van der Waals surface area contributed by atoms with Gasteiger partial charge in [-0.2, -0.15) is 0 Å². The molecule has 5 nitrogen and oxygen atoms in total. The summed E-state index contributed by atoms with van der Waals surface area (Å²) in [6.45, 7) is 2.46. The first-order chi connectivity index (χ1) is 12.6. The second-order valence-corrected chi connectivity index (χ2v) is 5.88. The van der Waals surface area contributed by atoms with E-state index in [1.807, 2.05) is 55.5 Å². The molecular formula is C21H19NO4. The molecule has 5 heteroatoms. The summed E-state index contributed by atoms with van der Waals surface area (Å²) in [5, 5.41) is 8.77. The van der Waals surface area contributed by atoms with Crippen LogP contribution < -0.4 is 9.47 Å². The lowest BCUT2D eigenvalue weighted by atomic mass is 10.2. The van der Waals surface area contributed by atoms with Crippen molar-refractivity contribution in [1.29, 1.82) is 0 Å². The number of carboxylic acids is 1. The molecule has 3 aromatic rings. The molecule has 0 aliphatic carbocycles. The normalized spacial score (nSPS) is 10.3. The Kier molecular flexibility index (Phi) is 5.49. The number of aromatic nitrogens is 1. The summed E-state index contributed by atoms with van der Waals surface area (Å²) in [6.07, 6.45) is 1.45. The Morgan fingerprint density at radius 3 is 2.50 bits per heavy atom. The smallest absolute Gasteiger partial charge is 0.307 e. The van der Waals surface area contributed by atoms with Crippen LogP contribution in [0.15, 0.2) is 66.9 Å². The van der Waals surface area contributed by atoms with Crippen LogP contribution >= 0.6 is 0 Å². The minimum atomic E-state index is -0.887. The molecule has 26 heavy (non-hydrogen) atoms. The maximum absolute atomic E-state index is 10.7. The van der Waals surface area contributed by atoms with Crippen molar-refractivity contribution in [1.82, 2.24) is 4.98 Å². The molecule has 0 fully saturated rings. The van der Waals surface area contributed by atoms with Gasteiger partial charge < -0.3 is 14.6 Å². The first-order valence-corrected chi connectivity index (χ1v) is 8.22. The van der Waals surface area contributed by atoms with Crippen molar-refractivity contribution in [2.75, 3.05) is 0 Å². The maximum Gasteiger partial charge on any atom is 0.307 e. The number of benzene rings is 2. The lowest BCUT2D eigenvalue weighted by Gasteiger charge is -2.11. The van der Waals surface area contributed by atoms with Crippen molar-refractivity contribution in [3.05, 3.63) is 83.6 Å². The summed E-state index contributed by atoms with van der Waals surface area (Å²) in [7, 11) is 0. The molecule has 0 spiro atoms. The van der Waals surface area contributed by atoms with E-state index in [9.17, 15) is 4.79 Å². The predicted octanol–water partition coefficient (Wildman–Crippen LogP) is 4.39. The number of hydrogen-bond donors (Lipinski definition) is 1. The van der Waals surface area contributed by atoms with Crippen molar-refractivity contribution in [2.45, 2.75) is 20.0 Å². The molecule has 132 valence electrons. The van der Waals surface area contributed by atoms with Gasteiger partial charge in [-0.1, -0.05) is 36.4 Å². The molecule has 0 aliphatic heterocycles. The monoisotopic (exact) mass is 349 g/mol. The molecule has 0 radical (unpaired) electrons. The highest BCUT2D eigenvalue weighted by molar-refractivity contribution is 5.70. The van der Waals surface area contributed by atoms with Crippen LogP contribution in [0.1, 0.15) is 16.7 Å². The molecule has 0 unspecified atom stereocenters. The van der Waals surface area contributed by atoms with Crippen LogP contribution in [0, 0.1) is 6.92 Å². The van der Waals surface area contributed by atoms with E-state index in [0.29, 0.717) is 23.8 Å². The zero-order chi connectivity index (χ0) is 18.4. The van der Waals surface area contributed by atoms with Gasteiger partial charge in [0.1, 0.15) is 18.1 Å². The molecule has 2 aromatic carbocycles. The van der Waals surface area contributed by atoms with E-state index in [1.165, 1.54) is 6.20 Å². The zero-order valence-electron chi connectivity index (χ0n) is 14.4. The van der Waals surface area contributed by atoms with E-state index in [2.05, 4.69) is 4.98 Å². The summed E-state index contributed by atoms with van der Waals surface area (Å²) in [5.74, 6) is 0.970. The number of pyridine rings is 1. The summed E-state index contributed by atoms with van der Waals surface area (Å²) in [5.41, 5.74) is 2.70. The van der Waals surface area contributed by atoms with Crippen molar-refractivity contribution in [3.63, 3.8) is 0 Å². The van der Waals surface area contributed by atoms with E-state index >= 15 is 0 Å². The highest BCUT2D eigenvalue weighted by Crippen LogP contribution is 2.27. The van der Waals surface area contributed by atoms with Crippen LogP contribution in [0.25, 0.3) is 0 Å². The molecule has 1 aromatic heterocycles. The molecule has 0 aliphatic rings. The highest BCUT2D eigenvalue weighted by Gasteiger charge is 2.06. The lowest BCUT2D eigenvalue weighted by Crippen LogP contribution is -2.00. The molecule has 0 bridgehead atoms. The van der Waals surface area contributed by atoms with Gasteiger partial charge in [0.05, 0.1) is 6.42 Å². The van der Waals surface area contributed by atoms with E-state index < -0.39 is 5.97 Å². The third-order valence-electron chi connectivity index (χ3n) is 3.76. The first kappa shape index (κ1) is 17.5. The highest BCUT2D eigenvalue weighted by atomic mass is 16.5. The molecule has 0 amide bonds. The van der Waals surface area contributed by atoms with Crippen LogP contribution in [-0.4, -0.2) is 16.1 Å². The number of carboxylic acid groups (broad SMARTS) is 1. The third-order valence-corrected chi connectivity index (χ3v) is 3.76. The molecule has 0 atom stereocenters. The van der Waals surface area contributed by atoms with Gasteiger partial charge in [0.2, 0.25) is 5.88 Å². The fraction of sp³-hybridized carbons (Fsp3) is 0.143. The Labute approximate surface area is 151 Å². The Morgan fingerprint density at radius 2 is 1.85 bits per heavy atom. The zero-order valence-corrected chi connectivity index (χ0v) is 14.4. The van der Waals surface area contributed by atoms with Gasteiger partial charge in [-0.15, -0.1) is 0 Å². The topological polar surface area (TPSA) is 68.7 Å². The number of nitrogens with zero attached hydrogens (tertiary/aromatic N) is 1. The molecule has 0 saturated heterocycles. The van der Waals surface area contributed by atoms with Crippen LogP contribution in [0.5, 0.6) is 17.4 Å². The fourth-order valence-electron chi connectivity index (χ4n) is 2.45. The third kappa shape index (κ3) is 4.83. The van der Waals surface area contributed by atoms with Crippen molar-refractivity contribution < 1.29 is 19.4 Å². The Hall–Kier alpha value is -3.34. The van der Waals surface area contributed by atoms with Gasteiger partial charge >= 0.3 is 5.97 Å². The second kappa shape index (κ2) is 8.16. The molecular weight excluding hydrogens is 330 g/mol. The fourth-order valence-corrected chi connectivity index (χ4v) is 2.45. The van der Waals surface area contributed by atoms with Crippen LogP contribution in [-0.2, 0) is 17.8 Å². The van der Waals surface area contributed by atoms with Crippen molar-refractivity contribution >= 4 is 5.97 Å². The number of hydrogen-bond acceptors (Lipinski definition) is 4. The van der Waals surface area contributed by atoms with Crippen molar-refractivity contribution in [2.24, 2.45) is 0 Å². The molecule has 0 saturated carbocycles. The number of rotatable bonds is 7. The Bertz CT molecular complexity index is 876. The SMILES string of the molecule is Cc1cc(Oc2ccc(CC(=O)O)cn2)ccc1OCc1ccccc1. The summed E-state index contributed by atoms with van der Waals surface area (Å²) < 4.78 is 11.6. The summed E-state index contributed by atoms with van der Waals surface area (Å²) in [6, 6.07) is 18.9. The number of aliphatic carboxylic acids is 1. The van der Waals surface area contributed by atoms with Gasteiger partial charge in [0.15, 0.2) is 0 Å². The Balaban J connectivity index is 1.62. The molecule has 1 N–H and O–H groups in total. The van der Waals surface area contributed by atoms with Crippen LogP contribution in [0.4, 0.5) is 0 Å². The van der Waals surface area contributed by atoms with E-state index in [0.717, 1.165) is 16.9 Å². The molecule has 1 heterocycles. The largest absolute Gasteiger partial charge is 0.489 e. The average molecular weight is 349 g/mol. The van der Waals surface area contributed by atoms with Gasteiger partial charge in [0, 0.05) is 12.3 Å². The van der Waals surface area contributed by atoms with E-state index in [1.54, 1.807) is 12.1 Å². The van der Waals surface area contributed by atoms with Crippen LogP contribution in [0.2, 0.25) is 0 Å².